The van der Waals surface area contributed by atoms with E-state index >= 15 is 0 Å². The van der Waals surface area contributed by atoms with Crippen molar-refractivity contribution in [3.63, 3.8) is 0 Å². The molecule has 0 radical (unpaired) electrons. The lowest BCUT2D eigenvalue weighted by Gasteiger charge is -2.20. The first-order valence-corrected chi connectivity index (χ1v) is 10.9. The standard InChI is InChI=1S/C27H20N4O/c32-26-27(21-9-4-10-28-25(21)31-26)14-18-11-22-23(12-19(18)15-27)30-24(29-22)13-17-7-3-6-16-5-1-2-8-20(16)17/h1-12H,13-15H2,(H,29,30)(H,28,31,32). The van der Waals surface area contributed by atoms with Crippen LogP contribution in [0.25, 0.3) is 21.8 Å². The van der Waals surface area contributed by atoms with E-state index in [2.05, 4.69) is 69.9 Å². The molecular formula is C27H20N4O. The number of H-pyrrole nitrogens is 1. The maximum atomic E-state index is 12.9. The van der Waals surface area contributed by atoms with Crippen LogP contribution >= 0.6 is 0 Å². The second-order valence-corrected chi connectivity index (χ2v) is 8.93. The zero-order chi connectivity index (χ0) is 21.3. The smallest absolute Gasteiger partial charge is 0.237 e. The van der Waals surface area contributed by atoms with Crippen LogP contribution in [0.5, 0.6) is 0 Å². The van der Waals surface area contributed by atoms with E-state index in [1.807, 2.05) is 12.1 Å². The number of carbonyl (C=O) groups excluding carboxylic acids is 1. The number of anilines is 1. The molecule has 3 aromatic carbocycles. The highest BCUT2D eigenvalue weighted by atomic mass is 16.2. The van der Waals surface area contributed by atoms with Crippen LogP contribution in [-0.2, 0) is 29.5 Å². The molecule has 5 heteroatoms. The van der Waals surface area contributed by atoms with Gasteiger partial charge in [-0.05, 0) is 58.5 Å². The van der Waals surface area contributed by atoms with E-state index in [1.54, 1.807) is 6.20 Å². The van der Waals surface area contributed by atoms with Gasteiger partial charge in [-0.3, -0.25) is 4.79 Å². The first-order valence-electron chi connectivity index (χ1n) is 10.9. The fourth-order valence-electron chi connectivity index (χ4n) is 5.54. The first-order chi connectivity index (χ1) is 15.7. The molecule has 1 amide bonds. The van der Waals surface area contributed by atoms with Crippen molar-refractivity contribution in [2.75, 3.05) is 5.32 Å². The number of rotatable bonds is 2. The summed E-state index contributed by atoms with van der Waals surface area (Å²) < 4.78 is 0. The highest BCUT2D eigenvalue weighted by Crippen LogP contribution is 2.47. The maximum absolute atomic E-state index is 12.9. The van der Waals surface area contributed by atoms with Gasteiger partial charge in [0.1, 0.15) is 11.6 Å². The molecule has 7 rings (SSSR count). The molecule has 5 aromatic rings. The SMILES string of the molecule is O=C1Nc2ncccc2C12Cc1cc3nc(Cc4cccc5ccccc45)[nH]c3cc1C2. The monoisotopic (exact) mass is 416 g/mol. The molecule has 1 spiro atoms. The van der Waals surface area contributed by atoms with Crippen molar-refractivity contribution in [2.24, 2.45) is 0 Å². The van der Waals surface area contributed by atoms with Crippen molar-refractivity contribution in [1.82, 2.24) is 15.0 Å². The number of nitrogens with zero attached hydrogens (tertiary/aromatic N) is 2. The minimum Gasteiger partial charge on any atom is -0.342 e. The number of carbonyl (C=O) groups is 1. The van der Waals surface area contributed by atoms with Gasteiger partial charge in [0.15, 0.2) is 0 Å². The van der Waals surface area contributed by atoms with Gasteiger partial charge in [0.2, 0.25) is 5.91 Å². The third-order valence-electron chi connectivity index (χ3n) is 7.06. The number of hydrogen-bond acceptors (Lipinski definition) is 3. The van der Waals surface area contributed by atoms with E-state index in [0.29, 0.717) is 18.7 Å². The summed E-state index contributed by atoms with van der Waals surface area (Å²) in [5, 5.41) is 5.49. The molecule has 1 atom stereocenters. The molecule has 2 aromatic heterocycles. The zero-order valence-corrected chi connectivity index (χ0v) is 17.4. The number of benzene rings is 3. The van der Waals surface area contributed by atoms with Gasteiger partial charge in [0.05, 0.1) is 16.4 Å². The number of hydrogen-bond donors (Lipinski definition) is 2. The number of imidazole rings is 1. The van der Waals surface area contributed by atoms with Crippen molar-refractivity contribution < 1.29 is 4.79 Å². The second-order valence-electron chi connectivity index (χ2n) is 8.93. The average Bonchev–Trinajstić information content (AvgIpc) is 3.45. The van der Waals surface area contributed by atoms with E-state index < -0.39 is 5.41 Å². The Morgan fingerprint density at radius 3 is 2.72 bits per heavy atom. The number of pyridine rings is 1. The Kier molecular flexibility index (Phi) is 3.46. The maximum Gasteiger partial charge on any atom is 0.237 e. The van der Waals surface area contributed by atoms with Crippen LogP contribution in [0.3, 0.4) is 0 Å². The van der Waals surface area contributed by atoms with Crippen molar-refractivity contribution in [3.8, 4) is 0 Å². The van der Waals surface area contributed by atoms with Gasteiger partial charge < -0.3 is 10.3 Å². The third kappa shape index (κ3) is 2.42. The molecule has 0 bridgehead atoms. The summed E-state index contributed by atoms with van der Waals surface area (Å²) in [4.78, 5) is 25.7. The van der Waals surface area contributed by atoms with E-state index in [9.17, 15) is 4.79 Å². The summed E-state index contributed by atoms with van der Waals surface area (Å²) in [5.41, 5.74) is 6.13. The fraction of sp³-hybridized carbons (Fsp3) is 0.148. The van der Waals surface area contributed by atoms with Crippen LogP contribution < -0.4 is 5.32 Å². The van der Waals surface area contributed by atoms with Crippen molar-refractivity contribution >= 4 is 33.5 Å². The van der Waals surface area contributed by atoms with Crippen LogP contribution in [0.15, 0.2) is 72.9 Å². The number of fused-ring (bicyclic) bond motifs is 5. The number of aromatic nitrogens is 3. The fourth-order valence-corrected chi connectivity index (χ4v) is 5.54. The zero-order valence-electron chi connectivity index (χ0n) is 17.4. The van der Waals surface area contributed by atoms with Crippen molar-refractivity contribution in [3.05, 3.63) is 101 Å². The molecule has 5 nitrogen and oxygen atoms in total. The largest absolute Gasteiger partial charge is 0.342 e. The molecule has 0 saturated carbocycles. The van der Waals surface area contributed by atoms with Crippen LogP contribution in [-0.4, -0.2) is 20.9 Å². The second kappa shape index (κ2) is 6.26. The Morgan fingerprint density at radius 2 is 1.78 bits per heavy atom. The Hall–Kier alpha value is -3.99. The summed E-state index contributed by atoms with van der Waals surface area (Å²) in [6.07, 6.45) is 3.87. The van der Waals surface area contributed by atoms with E-state index in [1.165, 1.54) is 27.5 Å². The predicted molar refractivity (Wildman–Crippen MR) is 125 cm³/mol. The lowest BCUT2D eigenvalue weighted by Crippen LogP contribution is -2.35. The topological polar surface area (TPSA) is 70.7 Å². The number of nitrogens with one attached hydrogen (secondary N) is 2. The van der Waals surface area contributed by atoms with E-state index in [0.717, 1.165) is 28.8 Å². The summed E-state index contributed by atoms with van der Waals surface area (Å²) in [6, 6.07) is 23.2. The first kappa shape index (κ1) is 17.7. The van der Waals surface area contributed by atoms with Crippen molar-refractivity contribution in [1.29, 1.82) is 0 Å². The normalized spacial score (nSPS) is 15.9. The molecule has 3 heterocycles. The summed E-state index contributed by atoms with van der Waals surface area (Å²) in [7, 11) is 0. The Bertz CT molecular complexity index is 1520. The van der Waals surface area contributed by atoms with Crippen LogP contribution in [0.4, 0.5) is 5.82 Å². The van der Waals surface area contributed by atoms with Gasteiger partial charge in [0.25, 0.3) is 0 Å². The lowest BCUT2D eigenvalue weighted by atomic mass is 9.79. The summed E-state index contributed by atoms with van der Waals surface area (Å²) >= 11 is 0. The van der Waals surface area contributed by atoms with E-state index in [4.69, 9.17) is 4.98 Å². The molecule has 1 aliphatic heterocycles. The molecule has 32 heavy (non-hydrogen) atoms. The molecule has 154 valence electrons. The minimum absolute atomic E-state index is 0.0515. The van der Waals surface area contributed by atoms with Crippen molar-refractivity contribution in [2.45, 2.75) is 24.7 Å². The molecule has 0 fully saturated rings. The van der Waals surface area contributed by atoms with Crippen LogP contribution in [0, 0.1) is 0 Å². The van der Waals surface area contributed by atoms with Crippen LogP contribution in [0.2, 0.25) is 0 Å². The Labute approximate surface area is 184 Å². The molecular weight excluding hydrogens is 396 g/mol. The summed E-state index contributed by atoms with van der Waals surface area (Å²) in [5.74, 6) is 1.71. The van der Waals surface area contributed by atoms with E-state index in [-0.39, 0.29) is 5.91 Å². The Balaban J connectivity index is 1.26. The highest BCUT2D eigenvalue weighted by molar-refractivity contribution is 6.06. The molecule has 2 aliphatic rings. The van der Waals surface area contributed by atoms with Gasteiger partial charge in [-0.15, -0.1) is 0 Å². The summed E-state index contributed by atoms with van der Waals surface area (Å²) in [6.45, 7) is 0. The van der Waals surface area contributed by atoms with Gasteiger partial charge in [-0.25, -0.2) is 9.97 Å². The quantitative estimate of drug-likeness (QED) is 0.439. The lowest BCUT2D eigenvalue weighted by molar-refractivity contribution is -0.120. The Morgan fingerprint density at radius 1 is 0.938 bits per heavy atom. The number of aromatic amines is 1. The van der Waals surface area contributed by atoms with Gasteiger partial charge >= 0.3 is 0 Å². The van der Waals surface area contributed by atoms with Gasteiger partial charge in [-0.2, -0.15) is 0 Å². The van der Waals surface area contributed by atoms with Gasteiger partial charge in [-0.1, -0.05) is 48.5 Å². The minimum atomic E-state index is -0.545. The van der Waals surface area contributed by atoms with Gasteiger partial charge in [0, 0.05) is 18.2 Å². The molecule has 0 saturated heterocycles. The third-order valence-corrected chi connectivity index (χ3v) is 7.06. The molecule has 2 N–H and O–H groups in total. The molecule has 1 aliphatic carbocycles. The average molecular weight is 416 g/mol. The molecule has 1 unspecified atom stereocenters. The number of amides is 1. The predicted octanol–water partition coefficient (Wildman–Crippen LogP) is 4.69. The van der Waals surface area contributed by atoms with Crippen LogP contribution in [0.1, 0.15) is 28.1 Å². The highest BCUT2D eigenvalue weighted by Gasteiger charge is 2.51.